The van der Waals surface area contributed by atoms with Gasteiger partial charge in [-0.1, -0.05) is 53.9 Å². The molecule has 1 heterocycles. The van der Waals surface area contributed by atoms with E-state index in [1.807, 2.05) is 0 Å². The first kappa shape index (κ1) is 15.0. The summed E-state index contributed by atoms with van der Waals surface area (Å²) >= 11 is 0. The Labute approximate surface area is 107 Å². The van der Waals surface area contributed by atoms with Crippen LogP contribution in [0.15, 0.2) is 0 Å². The molecule has 102 valence electrons. The fourth-order valence-electron chi connectivity index (χ4n) is 2.73. The van der Waals surface area contributed by atoms with E-state index in [1.54, 1.807) is 0 Å². The number of ether oxygens (including phenoxy) is 2. The molecule has 0 aromatic rings. The Morgan fingerprint density at radius 3 is 2.47 bits per heavy atom. The summed E-state index contributed by atoms with van der Waals surface area (Å²) in [7, 11) is 0. The molecule has 0 N–H and O–H groups in total. The maximum Gasteiger partial charge on any atom is 0.158 e. The van der Waals surface area contributed by atoms with Crippen LogP contribution < -0.4 is 0 Å². The molecular formula is C15H30O2. The summed E-state index contributed by atoms with van der Waals surface area (Å²) < 4.78 is 12.0. The second kappa shape index (κ2) is 6.75. The second-order valence-electron chi connectivity index (χ2n) is 6.38. The Morgan fingerprint density at radius 2 is 1.88 bits per heavy atom. The topological polar surface area (TPSA) is 18.5 Å². The molecule has 1 saturated heterocycles. The minimum atomic E-state index is 0.0345. The van der Waals surface area contributed by atoms with Gasteiger partial charge in [-0.2, -0.15) is 0 Å². The highest BCUT2D eigenvalue weighted by Gasteiger charge is 2.39. The van der Waals surface area contributed by atoms with Gasteiger partial charge in [0.15, 0.2) is 6.29 Å². The summed E-state index contributed by atoms with van der Waals surface area (Å²) in [6, 6.07) is 0. The van der Waals surface area contributed by atoms with Gasteiger partial charge in [0.25, 0.3) is 0 Å². The van der Waals surface area contributed by atoms with Gasteiger partial charge in [-0.05, 0) is 18.8 Å². The zero-order chi connectivity index (χ0) is 12.9. The van der Waals surface area contributed by atoms with Gasteiger partial charge in [0, 0.05) is 5.41 Å². The van der Waals surface area contributed by atoms with Crippen molar-refractivity contribution in [1.82, 2.24) is 0 Å². The Bertz CT molecular complexity index is 211. The summed E-state index contributed by atoms with van der Waals surface area (Å²) in [5.41, 5.74) is 0.147. The smallest absolute Gasteiger partial charge is 0.158 e. The largest absolute Gasteiger partial charge is 0.352 e. The van der Waals surface area contributed by atoms with Gasteiger partial charge in [0.1, 0.15) is 0 Å². The van der Waals surface area contributed by atoms with Crippen molar-refractivity contribution in [3.8, 4) is 0 Å². The molecule has 0 aliphatic carbocycles. The first-order valence-electron chi connectivity index (χ1n) is 7.24. The van der Waals surface area contributed by atoms with Gasteiger partial charge in [-0.3, -0.25) is 0 Å². The molecule has 0 saturated carbocycles. The summed E-state index contributed by atoms with van der Waals surface area (Å²) in [5, 5.41) is 0. The standard InChI is InChI=1S/C15H30O2/c1-6-7-8-9-10-13-16-11-15(4,5)14(17-13)12(2)3/h12-14H,6-11H2,1-5H3/t13-,14-/m0/s1. The minimum Gasteiger partial charge on any atom is -0.352 e. The third kappa shape index (κ3) is 4.59. The van der Waals surface area contributed by atoms with E-state index in [0.717, 1.165) is 13.0 Å². The van der Waals surface area contributed by atoms with E-state index in [1.165, 1.54) is 25.7 Å². The molecule has 0 bridgehead atoms. The Hall–Kier alpha value is -0.0800. The van der Waals surface area contributed by atoms with Gasteiger partial charge in [0.2, 0.25) is 0 Å². The molecule has 0 aromatic heterocycles. The lowest BCUT2D eigenvalue weighted by Crippen LogP contribution is -2.48. The molecule has 2 atom stereocenters. The van der Waals surface area contributed by atoms with Crippen molar-refractivity contribution >= 4 is 0 Å². The van der Waals surface area contributed by atoms with Crippen molar-refractivity contribution in [1.29, 1.82) is 0 Å². The zero-order valence-corrected chi connectivity index (χ0v) is 12.3. The van der Waals surface area contributed by atoms with E-state index in [2.05, 4.69) is 34.6 Å². The van der Waals surface area contributed by atoms with Crippen molar-refractivity contribution in [2.45, 2.75) is 79.1 Å². The van der Waals surface area contributed by atoms with Crippen LogP contribution in [0.3, 0.4) is 0 Å². The van der Waals surface area contributed by atoms with Gasteiger partial charge >= 0.3 is 0 Å². The summed E-state index contributed by atoms with van der Waals surface area (Å²) in [6.07, 6.45) is 6.55. The van der Waals surface area contributed by atoms with Crippen molar-refractivity contribution in [3.05, 3.63) is 0 Å². The average Bonchev–Trinajstić information content (AvgIpc) is 2.25. The van der Waals surface area contributed by atoms with Gasteiger partial charge < -0.3 is 9.47 Å². The molecule has 1 aliphatic heterocycles. The van der Waals surface area contributed by atoms with Crippen molar-refractivity contribution < 1.29 is 9.47 Å². The molecule has 0 amide bonds. The van der Waals surface area contributed by atoms with E-state index in [-0.39, 0.29) is 11.7 Å². The molecule has 17 heavy (non-hydrogen) atoms. The lowest BCUT2D eigenvalue weighted by atomic mass is 9.80. The van der Waals surface area contributed by atoms with E-state index in [4.69, 9.17) is 9.47 Å². The molecule has 0 spiro atoms. The van der Waals surface area contributed by atoms with Gasteiger partial charge in [-0.15, -0.1) is 0 Å². The van der Waals surface area contributed by atoms with Crippen LogP contribution >= 0.6 is 0 Å². The highest BCUT2D eigenvalue weighted by Crippen LogP contribution is 2.35. The Morgan fingerprint density at radius 1 is 1.18 bits per heavy atom. The normalized spacial score (nSPS) is 28.6. The van der Waals surface area contributed by atoms with Crippen LogP contribution in [0, 0.1) is 11.3 Å². The minimum absolute atomic E-state index is 0.0345. The fraction of sp³-hybridized carbons (Fsp3) is 1.00. The van der Waals surface area contributed by atoms with Crippen molar-refractivity contribution in [2.24, 2.45) is 11.3 Å². The highest BCUT2D eigenvalue weighted by atomic mass is 16.7. The van der Waals surface area contributed by atoms with Crippen LogP contribution in [0.4, 0.5) is 0 Å². The number of rotatable bonds is 6. The molecular weight excluding hydrogens is 212 g/mol. The predicted molar refractivity (Wildman–Crippen MR) is 72.0 cm³/mol. The van der Waals surface area contributed by atoms with Crippen LogP contribution in [-0.2, 0) is 9.47 Å². The maximum absolute atomic E-state index is 6.12. The van der Waals surface area contributed by atoms with Crippen molar-refractivity contribution in [3.63, 3.8) is 0 Å². The monoisotopic (exact) mass is 242 g/mol. The molecule has 0 radical (unpaired) electrons. The summed E-state index contributed by atoms with van der Waals surface area (Å²) in [4.78, 5) is 0. The van der Waals surface area contributed by atoms with E-state index < -0.39 is 0 Å². The fourth-order valence-corrected chi connectivity index (χ4v) is 2.73. The average molecular weight is 242 g/mol. The molecule has 1 aliphatic rings. The van der Waals surface area contributed by atoms with Gasteiger partial charge in [0.05, 0.1) is 12.7 Å². The SMILES string of the molecule is CCCCCC[C@H]1OCC(C)(C)[C@H](C(C)C)O1. The van der Waals surface area contributed by atoms with Crippen LogP contribution in [0.25, 0.3) is 0 Å². The third-order valence-corrected chi connectivity index (χ3v) is 3.61. The van der Waals surface area contributed by atoms with Crippen LogP contribution in [0.1, 0.15) is 66.7 Å². The number of hydrogen-bond donors (Lipinski definition) is 0. The van der Waals surface area contributed by atoms with Gasteiger partial charge in [-0.25, -0.2) is 0 Å². The first-order valence-corrected chi connectivity index (χ1v) is 7.24. The van der Waals surface area contributed by atoms with Crippen LogP contribution in [-0.4, -0.2) is 19.0 Å². The second-order valence-corrected chi connectivity index (χ2v) is 6.38. The van der Waals surface area contributed by atoms with E-state index in [0.29, 0.717) is 12.0 Å². The first-order chi connectivity index (χ1) is 7.97. The molecule has 0 aromatic carbocycles. The van der Waals surface area contributed by atoms with Crippen LogP contribution in [0.5, 0.6) is 0 Å². The molecule has 0 unspecified atom stereocenters. The predicted octanol–water partition coefficient (Wildman–Crippen LogP) is 4.38. The van der Waals surface area contributed by atoms with Crippen LogP contribution in [0.2, 0.25) is 0 Å². The summed E-state index contributed by atoms with van der Waals surface area (Å²) in [6.45, 7) is 12.0. The van der Waals surface area contributed by atoms with E-state index >= 15 is 0 Å². The lowest BCUT2D eigenvalue weighted by Gasteiger charge is -2.44. The Kier molecular flexibility index (Phi) is 5.94. The van der Waals surface area contributed by atoms with Crippen molar-refractivity contribution in [2.75, 3.05) is 6.61 Å². The zero-order valence-electron chi connectivity index (χ0n) is 12.3. The summed E-state index contributed by atoms with van der Waals surface area (Å²) in [5.74, 6) is 0.562. The number of hydrogen-bond acceptors (Lipinski definition) is 2. The molecule has 1 rings (SSSR count). The molecule has 1 fully saturated rings. The molecule has 2 heteroatoms. The maximum atomic E-state index is 6.12. The lowest BCUT2D eigenvalue weighted by molar-refractivity contribution is -0.271. The molecule has 2 nitrogen and oxygen atoms in total. The third-order valence-electron chi connectivity index (χ3n) is 3.61. The quantitative estimate of drug-likeness (QED) is 0.643. The van der Waals surface area contributed by atoms with E-state index in [9.17, 15) is 0 Å². The Balaban J connectivity index is 2.35. The number of unbranched alkanes of at least 4 members (excludes halogenated alkanes) is 3. The highest BCUT2D eigenvalue weighted by molar-refractivity contribution is 4.84.